The van der Waals surface area contributed by atoms with Crippen LogP contribution >= 0.6 is 34.5 Å². The van der Waals surface area contributed by atoms with Crippen LogP contribution in [-0.2, 0) is 11.2 Å². The van der Waals surface area contributed by atoms with E-state index < -0.39 is 5.91 Å². The van der Waals surface area contributed by atoms with Gasteiger partial charge >= 0.3 is 0 Å². The van der Waals surface area contributed by atoms with Gasteiger partial charge in [-0.1, -0.05) is 23.2 Å². The van der Waals surface area contributed by atoms with Crippen LogP contribution in [0.15, 0.2) is 46.4 Å². The van der Waals surface area contributed by atoms with Gasteiger partial charge in [0.1, 0.15) is 0 Å². The number of Topliss-reactive ketones (excluding diaryl/α,β-unsaturated/α-hetero) is 1. The second-order valence-electron chi connectivity index (χ2n) is 7.40. The molecular weight excluding hydrogens is 473 g/mol. The van der Waals surface area contributed by atoms with E-state index in [0.717, 1.165) is 0 Å². The number of aromatic nitrogens is 1. The molecule has 1 aliphatic heterocycles. The van der Waals surface area contributed by atoms with Crippen LogP contribution in [-0.4, -0.2) is 40.6 Å². The van der Waals surface area contributed by atoms with Gasteiger partial charge in [0.2, 0.25) is 5.91 Å². The minimum atomic E-state index is -0.393. The highest BCUT2D eigenvalue weighted by molar-refractivity contribution is 7.14. The smallest absolute Gasteiger partial charge is 0.293 e. The van der Waals surface area contributed by atoms with Crippen LogP contribution in [0.3, 0.4) is 0 Å². The summed E-state index contributed by atoms with van der Waals surface area (Å²) in [5.74, 6) is -0.391. The van der Waals surface area contributed by atoms with E-state index in [2.05, 4.69) is 10.3 Å². The first-order chi connectivity index (χ1) is 15.4. The van der Waals surface area contributed by atoms with E-state index >= 15 is 0 Å². The molecule has 2 amide bonds. The number of piperidine rings is 1. The van der Waals surface area contributed by atoms with Crippen LogP contribution < -0.4 is 5.32 Å². The zero-order chi connectivity index (χ0) is 22.7. The monoisotopic (exact) mass is 491 g/mol. The molecule has 166 valence electrons. The van der Waals surface area contributed by atoms with Crippen molar-refractivity contribution in [3.63, 3.8) is 0 Å². The third-order valence-corrected chi connectivity index (χ3v) is 6.82. The minimum absolute atomic E-state index is 0.0205. The summed E-state index contributed by atoms with van der Waals surface area (Å²) in [7, 11) is 0. The van der Waals surface area contributed by atoms with Gasteiger partial charge in [0.25, 0.3) is 5.91 Å². The molecule has 4 rings (SSSR count). The van der Waals surface area contributed by atoms with Gasteiger partial charge < -0.3 is 9.32 Å². The molecule has 0 saturated carbocycles. The van der Waals surface area contributed by atoms with Crippen molar-refractivity contribution in [1.29, 1.82) is 0 Å². The number of nitrogens with one attached hydrogen (secondary N) is 1. The quantitative estimate of drug-likeness (QED) is 0.491. The Bertz CT molecular complexity index is 1140. The van der Waals surface area contributed by atoms with Crippen molar-refractivity contribution >= 4 is 57.3 Å². The molecule has 0 bridgehead atoms. The van der Waals surface area contributed by atoms with E-state index in [-0.39, 0.29) is 29.8 Å². The van der Waals surface area contributed by atoms with Crippen molar-refractivity contribution < 1.29 is 18.8 Å². The van der Waals surface area contributed by atoms with Crippen molar-refractivity contribution in [1.82, 2.24) is 9.88 Å². The number of ketones is 1. The highest BCUT2D eigenvalue weighted by atomic mass is 35.5. The van der Waals surface area contributed by atoms with Crippen molar-refractivity contribution in [3.05, 3.63) is 69.0 Å². The average molecular weight is 492 g/mol. The number of likely N-dealkylation sites (tertiary alicyclic amines) is 1. The molecule has 2 aromatic heterocycles. The fraction of sp³-hybridized carbons (Fsp3) is 0.273. The molecule has 0 unspecified atom stereocenters. The number of halogens is 2. The van der Waals surface area contributed by atoms with Crippen LogP contribution in [0.5, 0.6) is 0 Å². The predicted molar refractivity (Wildman–Crippen MR) is 123 cm³/mol. The third kappa shape index (κ3) is 5.20. The van der Waals surface area contributed by atoms with Crippen molar-refractivity contribution in [2.75, 3.05) is 18.4 Å². The summed E-state index contributed by atoms with van der Waals surface area (Å²) in [5, 5.41) is 5.57. The van der Waals surface area contributed by atoms with E-state index in [0.29, 0.717) is 52.4 Å². The summed E-state index contributed by atoms with van der Waals surface area (Å²) in [6, 6.07) is 8.08. The maximum atomic E-state index is 12.8. The Morgan fingerprint density at radius 3 is 2.62 bits per heavy atom. The molecule has 10 heteroatoms. The highest BCUT2D eigenvalue weighted by Crippen LogP contribution is 2.27. The SMILES string of the molecule is O=C(Nc1nc(CC(=O)N2CCC(C(=O)c3ccc(Cl)c(Cl)c3)CC2)cs1)c1ccco1. The Balaban J connectivity index is 1.28. The molecule has 1 aromatic carbocycles. The van der Waals surface area contributed by atoms with E-state index in [1.54, 1.807) is 40.6 Å². The zero-order valence-electron chi connectivity index (χ0n) is 16.8. The Hall–Kier alpha value is -2.68. The fourth-order valence-electron chi connectivity index (χ4n) is 3.55. The van der Waals surface area contributed by atoms with E-state index in [4.69, 9.17) is 27.6 Å². The minimum Gasteiger partial charge on any atom is -0.459 e. The molecule has 1 N–H and O–H groups in total. The number of hydrogen-bond donors (Lipinski definition) is 1. The number of amides is 2. The van der Waals surface area contributed by atoms with Gasteiger partial charge in [-0.2, -0.15) is 0 Å². The van der Waals surface area contributed by atoms with Crippen LogP contribution in [0.1, 0.15) is 39.4 Å². The average Bonchev–Trinajstić information content (AvgIpc) is 3.48. The summed E-state index contributed by atoms with van der Waals surface area (Å²) >= 11 is 13.2. The molecule has 3 aromatic rings. The molecule has 0 radical (unpaired) electrons. The topological polar surface area (TPSA) is 92.5 Å². The maximum Gasteiger partial charge on any atom is 0.293 e. The first-order valence-electron chi connectivity index (χ1n) is 9.97. The number of carbonyl (C=O) groups excluding carboxylic acids is 3. The number of hydrogen-bond acceptors (Lipinski definition) is 6. The molecule has 32 heavy (non-hydrogen) atoms. The van der Waals surface area contributed by atoms with Crippen LogP contribution in [0.25, 0.3) is 0 Å². The van der Waals surface area contributed by atoms with Gasteiger partial charge in [0.15, 0.2) is 16.7 Å². The third-order valence-electron chi connectivity index (χ3n) is 5.27. The van der Waals surface area contributed by atoms with Crippen molar-refractivity contribution in [2.45, 2.75) is 19.3 Å². The van der Waals surface area contributed by atoms with Gasteiger partial charge in [0.05, 0.1) is 28.4 Å². The van der Waals surface area contributed by atoms with E-state index in [9.17, 15) is 14.4 Å². The molecule has 7 nitrogen and oxygen atoms in total. The first-order valence-corrected chi connectivity index (χ1v) is 11.6. The van der Waals surface area contributed by atoms with Gasteiger partial charge in [-0.3, -0.25) is 19.7 Å². The van der Waals surface area contributed by atoms with Crippen LogP contribution in [0, 0.1) is 5.92 Å². The van der Waals surface area contributed by atoms with E-state index in [1.807, 2.05) is 0 Å². The number of rotatable bonds is 6. The number of carbonyl (C=O) groups is 3. The Labute approximate surface area is 198 Å². The van der Waals surface area contributed by atoms with Gasteiger partial charge in [-0.15, -0.1) is 11.3 Å². The standard InChI is InChI=1S/C22H19Cl2N3O4S/c23-16-4-3-14(10-17(16)24)20(29)13-5-7-27(8-6-13)19(28)11-15-12-32-22(25-15)26-21(30)18-2-1-9-31-18/h1-4,9-10,12-13H,5-8,11H2,(H,25,26,30). The molecule has 1 fully saturated rings. The fourth-order valence-corrected chi connectivity index (χ4v) is 4.56. The highest BCUT2D eigenvalue weighted by Gasteiger charge is 2.28. The Morgan fingerprint density at radius 2 is 1.94 bits per heavy atom. The van der Waals surface area contributed by atoms with Gasteiger partial charge in [-0.05, 0) is 43.2 Å². The molecule has 1 aliphatic rings. The zero-order valence-corrected chi connectivity index (χ0v) is 19.2. The molecular formula is C22H19Cl2N3O4S. The van der Waals surface area contributed by atoms with Crippen LogP contribution in [0.2, 0.25) is 10.0 Å². The second kappa shape index (κ2) is 9.85. The summed E-state index contributed by atoms with van der Waals surface area (Å²) in [5.41, 5.74) is 1.12. The van der Waals surface area contributed by atoms with Crippen LogP contribution in [0.4, 0.5) is 5.13 Å². The predicted octanol–water partition coefficient (Wildman–Crippen LogP) is 4.96. The molecule has 0 atom stereocenters. The number of furan rings is 1. The number of anilines is 1. The summed E-state index contributed by atoms with van der Waals surface area (Å²) in [6.45, 7) is 1.01. The van der Waals surface area contributed by atoms with Crippen molar-refractivity contribution in [3.8, 4) is 0 Å². The number of nitrogens with zero attached hydrogens (tertiary/aromatic N) is 2. The Kier molecular flexibility index (Phi) is 6.93. The van der Waals surface area contributed by atoms with E-state index in [1.165, 1.54) is 17.6 Å². The number of benzene rings is 1. The lowest BCUT2D eigenvalue weighted by Gasteiger charge is -2.31. The lowest BCUT2D eigenvalue weighted by Crippen LogP contribution is -2.41. The number of thiazole rings is 1. The molecule has 0 spiro atoms. The molecule has 3 heterocycles. The summed E-state index contributed by atoms with van der Waals surface area (Å²) in [4.78, 5) is 43.5. The summed E-state index contributed by atoms with van der Waals surface area (Å²) < 4.78 is 5.05. The summed E-state index contributed by atoms with van der Waals surface area (Å²) in [6.07, 6.45) is 2.74. The maximum absolute atomic E-state index is 12.8. The largest absolute Gasteiger partial charge is 0.459 e. The lowest BCUT2D eigenvalue weighted by molar-refractivity contribution is -0.131. The molecule has 1 saturated heterocycles. The second-order valence-corrected chi connectivity index (χ2v) is 9.07. The molecule has 0 aliphatic carbocycles. The lowest BCUT2D eigenvalue weighted by atomic mass is 9.89. The van der Waals surface area contributed by atoms with Crippen molar-refractivity contribution in [2.24, 2.45) is 5.92 Å². The van der Waals surface area contributed by atoms with Gasteiger partial charge in [0, 0.05) is 30.0 Å². The van der Waals surface area contributed by atoms with Gasteiger partial charge in [-0.25, -0.2) is 4.98 Å². The Morgan fingerprint density at radius 1 is 1.16 bits per heavy atom. The normalized spacial score (nSPS) is 14.4. The first kappa shape index (κ1) is 22.5.